The predicted octanol–water partition coefficient (Wildman–Crippen LogP) is 3.73. The Kier molecular flexibility index (Phi) is 4.79. The van der Waals surface area contributed by atoms with E-state index in [0.717, 1.165) is 16.9 Å². The van der Waals surface area contributed by atoms with Gasteiger partial charge in [0.1, 0.15) is 5.82 Å². The van der Waals surface area contributed by atoms with Gasteiger partial charge in [-0.15, -0.1) is 0 Å². The average molecular weight is 322 g/mol. The molecule has 3 N–H and O–H groups in total. The molecule has 3 aromatic rings. The number of benzene rings is 2. The van der Waals surface area contributed by atoms with Crippen molar-refractivity contribution in [3.8, 4) is 0 Å². The van der Waals surface area contributed by atoms with Crippen molar-refractivity contribution >= 4 is 17.1 Å². The maximum absolute atomic E-state index is 12.1. The van der Waals surface area contributed by atoms with Crippen molar-refractivity contribution in [1.29, 1.82) is 0 Å². The molecule has 0 saturated carbocycles. The summed E-state index contributed by atoms with van der Waals surface area (Å²) in [6.45, 7) is 4.60. The number of aromatic amines is 1. The Morgan fingerprint density at radius 1 is 1.08 bits per heavy atom. The van der Waals surface area contributed by atoms with Gasteiger partial charge in [-0.25, -0.2) is 9.78 Å². The maximum Gasteiger partial charge on any atom is 0.315 e. The third-order valence-corrected chi connectivity index (χ3v) is 4.10. The predicted molar refractivity (Wildman–Crippen MR) is 95.9 cm³/mol. The second-order valence-electron chi connectivity index (χ2n) is 6.03. The van der Waals surface area contributed by atoms with Gasteiger partial charge in [0.2, 0.25) is 0 Å². The molecule has 2 amide bonds. The molecule has 0 bridgehead atoms. The van der Waals surface area contributed by atoms with E-state index >= 15 is 0 Å². The second-order valence-corrected chi connectivity index (χ2v) is 6.03. The third-order valence-electron chi connectivity index (χ3n) is 4.10. The van der Waals surface area contributed by atoms with Crippen LogP contribution in [0.1, 0.15) is 37.2 Å². The Labute approximate surface area is 141 Å². The van der Waals surface area contributed by atoms with E-state index in [1.165, 1.54) is 5.56 Å². The first-order chi connectivity index (χ1) is 11.6. The van der Waals surface area contributed by atoms with Crippen LogP contribution < -0.4 is 10.6 Å². The lowest BCUT2D eigenvalue weighted by atomic mass is 10.0. The first kappa shape index (κ1) is 16.1. The molecule has 2 atom stereocenters. The summed E-state index contributed by atoms with van der Waals surface area (Å²) in [5, 5.41) is 5.84. The van der Waals surface area contributed by atoms with Crippen LogP contribution in [0.15, 0.2) is 54.6 Å². The smallest absolute Gasteiger partial charge is 0.315 e. The molecule has 0 aliphatic rings. The first-order valence-electron chi connectivity index (χ1n) is 8.17. The summed E-state index contributed by atoms with van der Waals surface area (Å²) < 4.78 is 0. The number of amides is 2. The number of aromatic nitrogens is 2. The van der Waals surface area contributed by atoms with E-state index in [0.29, 0.717) is 6.54 Å². The number of H-pyrrole nitrogens is 1. The molecule has 1 heterocycles. The zero-order chi connectivity index (χ0) is 16.9. The van der Waals surface area contributed by atoms with Crippen LogP contribution in [0, 0.1) is 0 Å². The molecule has 124 valence electrons. The lowest BCUT2D eigenvalue weighted by Gasteiger charge is -2.16. The van der Waals surface area contributed by atoms with Crippen LogP contribution in [0.4, 0.5) is 4.79 Å². The third kappa shape index (κ3) is 3.74. The van der Waals surface area contributed by atoms with Gasteiger partial charge in [-0.2, -0.15) is 0 Å². The number of para-hydroxylation sites is 2. The number of fused-ring (bicyclic) bond motifs is 1. The number of urea groups is 1. The molecular weight excluding hydrogens is 300 g/mol. The molecule has 24 heavy (non-hydrogen) atoms. The zero-order valence-corrected chi connectivity index (χ0v) is 13.9. The highest BCUT2D eigenvalue weighted by Gasteiger charge is 2.14. The van der Waals surface area contributed by atoms with Gasteiger partial charge in [-0.1, -0.05) is 49.4 Å². The Balaban J connectivity index is 1.54. The quantitative estimate of drug-likeness (QED) is 0.670. The Hall–Kier alpha value is -2.82. The van der Waals surface area contributed by atoms with Crippen LogP contribution >= 0.6 is 0 Å². The number of nitrogens with one attached hydrogen (secondary N) is 3. The molecule has 0 aliphatic heterocycles. The number of carbonyl (C=O) groups excluding carboxylic acids is 1. The highest BCUT2D eigenvalue weighted by atomic mass is 16.2. The van der Waals surface area contributed by atoms with Crippen LogP contribution in [-0.2, 0) is 0 Å². The van der Waals surface area contributed by atoms with E-state index in [4.69, 9.17) is 0 Å². The molecule has 0 saturated heterocycles. The Bertz CT molecular complexity index is 779. The number of rotatable bonds is 5. The van der Waals surface area contributed by atoms with Crippen molar-refractivity contribution in [3.05, 3.63) is 66.0 Å². The lowest BCUT2D eigenvalue weighted by Crippen LogP contribution is -2.39. The fourth-order valence-electron chi connectivity index (χ4n) is 2.64. The minimum Gasteiger partial charge on any atom is -0.340 e. The molecule has 1 aromatic heterocycles. The van der Waals surface area contributed by atoms with E-state index in [1.54, 1.807) is 0 Å². The van der Waals surface area contributed by atoms with Gasteiger partial charge < -0.3 is 15.6 Å². The van der Waals surface area contributed by atoms with Gasteiger partial charge >= 0.3 is 6.03 Å². The van der Waals surface area contributed by atoms with Gasteiger partial charge in [-0.3, -0.25) is 0 Å². The van der Waals surface area contributed by atoms with Crippen LogP contribution in [0.2, 0.25) is 0 Å². The van der Waals surface area contributed by atoms with Gasteiger partial charge in [0.15, 0.2) is 0 Å². The summed E-state index contributed by atoms with van der Waals surface area (Å²) in [6.07, 6.45) is 0. The van der Waals surface area contributed by atoms with Crippen LogP contribution in [-0.4, -0.2) is 22.5 Å². The van der Waals surface area contributed by atoms with Crippen molar-refractivity contribution in [2.75, 3.05) is 6.54 Å². The van der Waals surface area contributed by atoms with E-state index in [9.17, 15) is 4.79 Å². The molecule has 5 nitrogen and oxygen atoms in total. The molecule has 0 fully saturated rings. The summed E-state index contributed by atoms with van der Waals surface area (Å²) in [7, 11) is 0. The normalized spacial score (nSPS) is 13.4. The maximum atomic E-state index is 12.1. The van der Waals surface area contributed by atoms with Gasteiger partial charge in [0, 0.05) is 6.54 Å². The average Bonchev–Trinajstić information content (AvgIpc) is 3.05. The topological polar surface area (TPSA) is 69.8 Å². The lowest BCUT2D eigenvalue weighted by molar-refractivity contribution is 0.237. The number of hydrogen-bond donors (Lipinski definition) is 3. The van der Waals surface area contributed by atoms with Crippen LogP contribution in [0.5, 0.6) is 0 Å². The molecule has 5 heteroatoms. The fraction of sp³-hybridized carbons (Fsp3) is 0.263. The van der Waals surface area contributed by atoms with Crippen molar-refractivity contribution in [2.45, 2.75) is 25.8 Å². The standard InChI is InChI=1S/C19H22N4O/c1-13(15-8-4-3-5-9-15)12-20-19(24)21-14(2)18-22-16-10-6-7-11-17(16)23-18/h3-11,13-14H,12H2,1-2H3,(H,22,23)(H2,20,21,24). The van der Waals surface area contributed by atoms with Crippen LogP contribution in [0.25, 0.3) is 11.0 Å². The molecule has 2 unspecified atom stereocenters. The SMILES string of the molecule is CC(CNC(=O)NC(C)c1nc2ccccc2[nH]1)c1ccccc1. The van der Waals surface area contributed by atoms with E-state index in [1.807, 2.05) is 49.4 Å². The summed E-state index contributed by atoms with van der Waals surface area (Å²) in [5.41, 5.74) is 3.08. The number of carbonyl (C=O) groups is 1. The molecule has 0 spiro atoms. The molecular formula is C19H22N4O. The summed E-state index contributed by atoms with van der Waals surface area (Å²) in [5.74, 6) is 1.01. The van der Waals surface area contributed by atoms with Crippen molar-refractivity contribution in [1.82, 2.24) is 20.6 Å². The number of hydrogen-bond acceptors (Lipinski definition) is 2. The summed E-state index contributed by atoms with van der Waals surface area (Å²) in [6, 6.07) is 17.6. The highest BCUT2D eigenvalue weighted by Crippen LogP contribution is 2.16. The number of nitrogens with zero attached hydrogens (tertiary/aromatic N) is 1. The molecule has 0 radical (unpaired) electrons. The zero-order valence-electron chi connectivity index (χ0n) is 13.9. The Morgan fingerprint density at radius 3 is 2.54 bits per heavy atom. The minimum absolute atomic E-state index is 0.189. The summed E-state index contributed by atoms with van der Waals surface area (Å²) >= 11 is 0. The Morgan fingerprint density at radius 2 is 1.79 bits per heavy atom. The van der Waals surface area contributed by atoms with E-state index in [-0.39, 0.29) is 18.0 Å². The number of imidazole rings is 1. The van der Waals surface area contributed by atoms with Crippen LogP contribution in [0.3, 0.4) is 0 Å². The van der Waals surface area contributed by atoms with Gasteiger partial charge in [-0.05, 0) is 30.5 Å². The van der Waals surface area contributed by atoms with Crippen molar-refractivity contribution in [3.63, 3.8) is 0 Å². The largest absolute Gasteiger partial charge is 0.340 e. The highest BCUT2D eigenvalue weighted by molar-refractivity contribution is 5.76. The second kappa shape index (κ2) is 7.17. The van der Waals surface area contributed by atoms with Gasteiger partial charge in [0.05, 0.1) is 17.1 Å². The molecule has 3 rings (SSSR count). The molecule has 0 aliphatic carbocycles. The fourth-order valence-corrected chi connectivity index (χ4v) is 2.64. The van der Waals surface area contributed by atoms with Gasteiger partial charge in [0.25, 0.3) is 0 Å². The monoisotopic (exact) mass is 322 g/mol. The van der Waals surface area contributed by atoms with E-state index in [2.05, 4.69) is 39.7 Å². The van der Waals surface area contributed by atoms with E-state index < -0.39 is 0 Å². The molecule has 2 aromatic carbocycles. The first-order valence-corrected chi connectivity index (χ1v) is 8.17. The minimum atomic E-state index is -0.190. The van der Waals surface area contributed by atoms with Crippen molar-refractivity contribution in [2.24, 2.45) is 0 Å². The summed E-state index contributed by atoms with van der Waals surface area (Å²) in [4.78, 5) is 19.9. The van der Waals surface area contributed by atoms with Crippen molar-refractivity contribution < 1.29 is 4.79 Å².